The van der Waals surface area contributed by atoms with E-state index in [0.29, 0.717) is 22.1 Å². The number of nitrogens with zero attached hydrogens (tertiary/aromatic N) is 3. The van der Waals surface area contributed by atoms with E-state index in [-0.39, 0.29) is 32.2 Å². The number of aromatic nitrogens is 2. The smallest absolute Gasteiger partial charge is 0.264 e. The molecule has 3 rings (SSSR count). The lowest BCUT2D eigenvalue weighted by atomic mass is 10.1. The monoisotopic (exact) mass is 416 g/mol. The summed E-state index contributed by atoms with van der Waals surface area (Å²) in [5, 5.41) is 22.6. The minimum atomic E-state index is -0.229. The van der Waals surface area contributed by atoms with Crippen molar-refractivity contribution in [1.29, 1.82) is 0 Å². The predicted octanol–water partition coefficient (Wildman–Crippen LogP) is 2.05. The van der Waals surface area contributed by atoms with E-state index in [9.17, 15) is 15.0 Å². The fourth-order valence-corrected chi connectivity index (χ4v) is 4.19. The number of amides is 1. The Bertz CT molecular complexity index is 986. The van der Waals surface area contributed by atoms with Crippen molar-refractivity contribution >= 4 is 33.3 Å². The van der Waals surface area contributed by atoms with Crippen LogP contribution in [0, 0.1) is 6.92 Å². The number of fused-ring (bicyclic) bond motifs is 1. The molecule has 1 aromatic carbocycles. The summed E-state index contributed by atoms with van der Waals surface area (Å²) in [5.74, 6) is 1.21. The Morgan fingerprint density at radius 2 is 2.00 bits per heavy atom. The predicted molar refractivity (Wildman–Crippen MR) is 113 cm³/mol. The van der Waals surface area contributed by atoms with Crippen molar-refractivity contribution in [2.75, 3.05) is 38.7 Å². The van der Waals surface area contributed by atoms with Crippen LogP contribution in [0.25, 0.3) is 10.2 Å². The van der Waals surface area contributed by atoms with Crippen LogP contribution in [0.3, 0.4) is 0 Å². The van der Waals surface area contributed by atoms with Crippen LogP contribution in [-0.4, -0.2) is 64.4 Å². The number of rotatable bonds is 9. The van der Waals surface area contributed by atoms with Crippen LogP contribution in [0.4, 0.5) is 5.82 Å². The van der Waals surface area contributed by atoms with Crippen molar-refractivity contribution in [1.82, 2.24) is 14.9 Å². The number of hydrogen-bond donors (Lipinski definition) is 3. The fourth-order valence-electron chi connectivity index (χ4n) is 3.08. The molecule has 3 N–H and O–H groups in total. The zero-order valence-corrected chi connectivity index (χ0v) is 17.2. The topological polar surface area (TPSA) is 108 Å². The average Bonchev–Trinajstić information content (AvgIpc) is 3.09. The van der Waals surface area contributed by atoms with Gasteiger partial charge in [0.05, 0.1) is 30.6 Å². The normalized spacial score (nSPS) is 10.9. The van der Waals surface area contributed by atoms with Gasteiger partial charge in [-0.25, -0.2) is 9.97 Å². The summed E-state index contributed by atoms with van der Waals surface area (Å²) < 4.78 is 5.26. The third kappa shape index (κ3) is 4.64. The second-order valence-corrected chi connectivity index (χ2v) is 7.40. The van der Waals surface area contributed by atoms with E-state index in [1.54, 1.807) is 7.11 Å². The number of thiophene rings is 1. The summed E-state index contributed by atoms with van der Waals surface area (Å²) in [5.41, 5.74) is 1.82. The minimum absolute atomic E-state index is 0.164. The van der Waals surface area contributed by atoms with Crippen LogP contribution in [0.5, 0.6) is 5.75 Å². The Labute approximate surface area is 172 Å². The summed E-state index contributed by atoms with van der Waals surface area (Å²) in [6.07, 6.45) is 1.47. The lowest BCUT2D eigenvalue weighted by molar-refractivity contribution is 0.0689. The molecule has 0 saturated carbocycles. The molecule has 8 nitrogen and oxygen atoms in total. The van der Waals surface area contributed by atoms with Gasteiger partial charge in [-0.05, 0) is 30.2 Å². The molecule has 0 aliphatic heterocycles. The van der Waals surface area contributed by atoms with Gasteiger partial charge in [-0.15, -0.1) is 11.3 Å². The number of carbonyl (C=O) groups is 1. The molecular formula is C20H24N4O4S. The number of benzene rings is 1. The van der Waals surface area contributed by atoms with E-state index in [1.807, 2.05) is 31.2 Å². The number of carbonyl (C=O) groups excluding carboxylic acids is 1. The number of aliphatic hydroxyl groups excluding tert-OH is 2. The van der Waals surface area contributed by atoms with Gasteiger partial charge in [0.25, 0.3) is 5.91 Å². The van der Waals surface area contributed by atoms with Gasteiger partial charge in [-0.2, -0.15) is 0 Å². The molecule has 0 aliphatic carbocycles. The van der Waals surface area contributed by atoms with Crippen LogP contribution in [0.1, 0.15) is 20.8 Å². The molecule has 2 heterocycles. The van der Waals surface area contributed by atoms with Gasteiger partial charge in [-0.1, -0.05) is 12.1 Å². The van der Waals surface area contributed by atoms with E-state index >= 15 is 0 Å². The maximum atomic E-state index is 12.9. The van der Waals surface area contributed by atoms with Gasteiger partial charge in [0.2, 0.25) is 0 Å². The fraction of sp³-hybridized carbons (Fsp3) is 0.350. The van der Waals surface area contributed by atoms with Gasteiger partial charge in [-0.3, -0.25) is 4.79 Å². The van der Waals surface area contributed by atoms with Crippen molar-refractivity contribution < 1.29 is 19.7 Å². The zero-order valence-electron chi connectivity index (χ0n) is 16.4. The van der Waals surface area contributed by atoms with Crippen LogP contribution < -0.4 is 10.1 Å². The largest absolute Gasteiger partial charge is 0.497 e. The second-order valence-electron chi connectivity index (χ2n) is 6.40. The van der Waals surface area contributed by atoms with Crippen LogP contribution in [0.2, 0.25) is 0 Å². The number of aryl methyl sites for hydroxylation is 1. The summed E-state index contributed by atoms with van der Waals surface area (Å²) >= 11 is 1.29. The Morgan fingerprint density at radius 1 is 1.24 bits per heavy atom. The second kappa shape index (κ2) is 9.64. The molecule has 0 bridgehead atoms. The van der Waals surface area contributed by atoms with Crippen molar-refractivity contribution in [2.45, 2.75) is 13.5 Å². The first-order valence-corrected chi connectivity index (χ1v) is 10.0. The number of methoxy groups -OCH3 is 1. The molecular weight excluding hydrogens is 392 g/mol. The third-order valence-corrected chi connectivity index (χ3v) is 5.73. The molecule has 2 aromatic heterocycles. The highest BCUT2D eigenvalue weighted by atomic mass is 32.1. The Kier molecular flexibility index (Phi) is 6.97. The maximum absolute atomic E-state index is 12.9. The van der Waals surface area contributed by atoms with Crippen LogP contribution in [0.15, 0.2) is 30.6 Å². The standard InChI is InChI=1S/C20H24N4O4S/c1-13-16-18(21-11-14-4-3-5-15(10-14)28-2)22-12-23-19(16)29-17(13)20(27)24(6-8-25)7-9-26/h3-5,10,12,25-26H,6-9,11H2,1-2H3,(H,21,22,23). The van der Waals surface area contributed by atoms with Gasteiger partial charge in [0.15, 0.2) is 0 Å². The number of ether oxygens (including phenoxy) is 1. The molecule has 154 valence electrons. The average molecular weight is 417 g/mol. The van der Waals surface area contributed by atoms with E-state index < -0.39 is 0 Å². The molecule has 1 amide bonds. The molecule has 9 heteroatoms. The van der Waals surface area contributed by atoms with Crippen molar-refractivity contribution in [2.24, 2.45) is 0 Å². The van der Waals surface area contributed by atoms with E-state index in [1.165, 1.54) is 22.6 Å². The van der Waals surface area contributed by atoms with Crippen LogP contribution >= 0.6 is 11.3 Å². The summed E-state index contributed by atoms with van der Waals surface area (Å²) in [7, 11) is 1.63. The molecule has 0 spiro atoms. The van der Waals surface area contributed by atoms with Crippen molar-refractivity contribution in [3.8, 4) is 5.75 Å². The zero-order chi connectivity index (χ0) is 20.8. The Balaban J connectivity index is 1.89. The number of hydrogen-bond acceptors (Lipinski definition) is 8. The summed E-state index contributed by atoms with van der Waals surface area (Å²) in [6.45, 7) is 2.41. The molecule has 29 heavy (non-hydrogen) atoms. The van der Waals surface area contributed by atoms with Gasteiger partial charge in [0.1, 0.15) is 22.7 Å². The van der Waals surface area contributed by atoms with Crippen molar-refractivity contribution in [3.05, 3.63) is 46.6 Å². The minimum Gasteiger partial charge on any atom is -0.497 e. The quantitative estimate of drug-likeness (QED) is 0.490. The van der Waals surface area contributed by atoms with E-state index in [4.69, 9.17) is 4.74 Å². The first-order chi connectivity index (χ1) is 14.1. The number of aliphatic hydroxyl groups is 2. The maximum Gasteiger partial charge on any atom is 0.264 e. The lowest BCUT2D eigenvalue weighted by Gasteiger charge is -2.20. The first kappa shape index (κ1) is 21.0. The lowest BCUT2D eigenvalue weighted by Crippen LogP contribution is -2.35. The highest BCUT2D eigenvalue weighted by molar-refractivity contribution is 7.20. The molecule has 0 atom stereocenters. The van der Waals surface area contributed by atoms with Gasteiger partial charge < -0.3 is 25.2 Å². The first-order valence-electron chi connectivity index (χ1n) is 9.21. The molecule has 0 saturated heterocycles. The summed E-state index contributed by atoms with van der Waals surface area (Å²) in [4.78, 5) is 24.3. The third-order valence-electron chi connectivity index (χ3n) is 4.54. The van der Waals surface area contributed by atoms with Gasteiger partial charge >= 0.3 is 0 Å². The van der Waals surface area contributed by atoms with E-state index in [0.717, 1.165) is 22.3 Å². The van der Waals surface area contributed by atoms with Gasteiger partial charge in [0, 0.05) is 19.6 Å². The van der Waals surface area contributed by atoms with E-state index in [2.05, 4.69) is 15.3 Å². The molecule has 0 aliphatic rings. The molecule has 0 unspecified atom stereocenters. The van der Waals surface area contributed by atoms with Crippen LogP contribution in [-0.2, 0) is 6.54 Å². The Morgan fingerprint density at radius 3 is 2.69 bits per heavy atom. The highest BCUT2D eigenvalue weighted by Gasteiger charge is 2.23. The SMILES string of the molecule is COc1cccc(CNc2ncnc3sc(C(=O)N(CCO)CCO)c(C)c23)c1. The number of anilines is 1. The highest BCUT2D eigenvalue weighted by Crippen LogP contribution is 2.34. The molecule has 0 fully saturated rings. The number of nitrogens with one attached hydrogen (secondary N) is 1. The molecule has 0 radical (unpaired) electrons. The molecule has 3 aromatic rings. The Hall–Kier alpha value is -2.75. The van der Waals surface area contributed by atoms with Crippen molar-refractivity contribution in [3.63, 3.8) is 0 Å². The summed E-state index contributed by atoms with van der Waals surface area (Å²) in [6, 6.07) is 7.75.